The number of esters is 1. The van der Waals surface area contributed by atoms with E-state index >= 15 is 0 Å². The molecule has 0 N–H and O–H groups in total. The van der Waals surface area contributed by atoms with E-state index in [0.717, 1.165) is 42.8 Å². The Labute approximate surface area is 173 Å². The summed E-state index contributed by atoms with van der Waals surface area (Å²) in [7, 11) is 0. The average Bonchev–Trinajstić information content (AvgIpc) is 3.33. The van der Waals surface area contributed by atoms with E-state index in [-0.39, 0.29) is 11.9 Å². The van der Waals surface area contributed by atoms with E-state index in [1.807, 2.05) is 35.2 Å². The number of carbonyl (C=O) groups is 2. The highest BCUT2D eigenvalue weighted by molar-refractivity contribution is 5.94. The topological polar surface area (TPSA) is 49.9 Å². The first-order valence-corrected chi connectivity index (χ1v) is 11.0. The molecule has 1 saturated heterocycles. The van der Waals surface area contributed by atoms with Gasteiger partial charge in [-0.2, -0.15) is 0 Å². The highest BCUT2D eigenvalue weighted by atomic mass is 16.6. The summed E-state index contributed by atoms with van der Waals surface area (Å²) >= 11 is 0. The van der Waals surface area contributed by atoms with Crippen LogP contribution in [0.3, 0.4) is 0 Å². The van der Waals surface area contributed by atoms with Crippen molar-refractivity contribution in [3.8, 4) is 0 Å². The number of carbonyl (C=O) groups excluding carboxylic acids is 2. The van der Waals surface area contributed by atoms with Gasteiger partial charge in [0, 0.05) is 37.2 Å². The van der Waals surface area contributed by atoms with E-state index in [1.165, 1.54) is 12.8 Å². The van der Waals surface area contributed by atoms with Gasteiger partial charge in [0.1, 0.15) is 0 Å². The summed E-state index contributed by atoms with van der Waals surface area (Å²) in [6.07, 6.45) is 4.36. The number of amides is 1. The number of likely N-dealkylation sites (tertiary alicyclic amines) is 1. The maximum atomic E-state index is 12.9. The molecule has 5 heteroatoms. The molecule has 0 bridgehead atoms. The zero-order chi connectivity index (χ0) is 20.4. The first kappa shape index (κ1) is 20.1. The largest absolute Gasteiger partial charge is 0.446 e. The van der Waals surface area contributed by atoms with Crippen molar-refractivity contribution < 1.29 is 14.3 Å². The van der Waals surface area contributed by atoms with E-state index in [2.05, 4.69) is 18.7 Å². The van der Waals surface area contributed by atoms with Crippen molar-refractivity contribution in [1.29, 1.82) is 0 Å². The van der Waals surface area contributed by atoms with Gasteiger partial charge in [0.2, 0.25) is 5.91 Å². The Kier molecular flexibility index (Phi) is 5.77. The number of hydrogen-bond acceptors (Lipinski definition) is 4. The molecule has 0 spiro atoms. The summed E-state index contributed by atoms with van der Waals surface area (Å²) in [5.41, 5.74) is 2.06. The first-order valence-electron chi connectivity index (χ1n) is 11.0. The molecule has 0 radical (unpaired) electrons. The van der Waals surface area contributed by atoms with Gasteiger partial charge in [0.15, 0.2) is 5.60 Å². The second kappa shape index (κ2) is 8.31. The lowest BCUT2D eigenvalue weighted by atomic mass is 9.77. The molecule has 1 unspecified atom stereocenters. The van der Waals surface area contributed by atoms with Crippen LogP contribution >= 0.6 is 0 Å². The molecule has 3 heterocycles. The van der Waals surface area contributed by atoms with Crippen molar-refractivity contribution in [1.82, 2.24) is 9.80 Å². The number of cyclic esters (lactones) is 1. The molecule has 1 aromatic rings. The van der Waals surface area contributed by atoms with Crippen LogP contribution in [0.1, 0.15) is 51.5 Å². The molecule has 1 aromatic carbocycles. The van der Waals surface area contributed by atoms with Crippen LogP contribution in [0.5, 0.6) is 0 Å². The lowest BCUT2D eigenvalue weighted by Gasteiger charge is -2.37. The molecule has 1 fully saturated rings. The van der Waals surface area contributed by atoms with E-state index in [0.29, 0.717) is 31.8 Å². The quantitative estimate of drug-likeness (QED) is 0.691. The molecule has 3 aliphatic rings. The Bertz CT molecular complexity index is 796. The van der Waals surface area contributed by atoms with Crippen molar-refractivity contribution >= 4 is 11.9 Å². The summed E-state index contributed by atoms with van der Waals surface area (Å²) in [5.74, 6) is 0.346. The van der Waals surface area contributed by atoms with E-state index in [1.54, 1.807) is 0 Å². The van der Waals surface area contributed by atoms with Gasteiger partial charge in [0.05, 0.1) is 0 Å². The normalized spacial score (nSPS) is 24.9. The van der Waals surface area contributed by atoms with Crippen LogP contribution in [0.15, 0.2) is 41.5 Å². The molecule has 1 amide bonds. The van der Waals surface area contributed by atoms with Crippen LogP contribution in [0, 0.1) is 5.92 Å². The van der Waals surface area contributed by atoms with Gasteiger partial charge >= 0.3 is 5.97 Å². The van der Waals surface area contributed by atoms with Gasteiger partial charge in [0.25, 0.3) is 0 Å². The van der Waals surface area contributed by atoms with Crippen molar-refractivity contribution in [3.05, 3.63) is 47.0 Å². The van der Waals surface area contributed by atoms with Crippen LogP contribution in [0.4, 0.5) is 0 Å². The maximum Gasteiger partial charge on any atom is 0.335 e. The molecule has 29 heavy (non-hydrogen) atoms. The highest BCUT2D eigenvalue weighted by Gasteiger charge is 2.50. The van der Waals surface area contributed by atoms with Crippen LogP contribution in [0.25, 0.3) is 0 Å². The Morgan fingerprint density at radius 2 is 1.86 bits per heavy atom. The number of nitrogens with zero attached hydrogens (tertiary/aromatic N) is 2. The fourth-order valence-corrected chi connectivity index (χ4v) is 5.07. The summed E-state index contributed by atoms with van der Waals surface area (Å²) in [4.78, 5) is 30.0. The number of hydrogen-bond donors (Lipinski definition) is 0. The van der Waals surface area contributed by atoms with Gasteiger partial charge in [-0.1, -0.05) is 44.2 Å². The number of benzene rings is 1. The Balaban J connectivity index is 1.57. The summed E-state index contributed by atoms with van der Waals surface area (Å²) in [6.45, 7) is 8.47. The third-order valence-corrected chi connectivity index (χ3v) is 6.47. The molecule has 3 aliphatic heterocycles. The van der Waals surface area contributed by atoms with Crippen molar-refractivity contribution in [2.45, 2.75) is 51.6 Å². The van der Waals surface area contributed by atoms with E-state index in [9.17, 15) is 9.59 Å². The molecular weight excluding hydrogens is 364 g/mol. The van der Waals surface area contributed by atoms with E-state index in [4.69, 9.17) is 4.74 Å². The predicted octanol–water partition coefficient (Wildman–Crippen LogP) is 3.50. The SMILES string of the molecule is CC(C)CC1(c2ccccc2)OC(=O)C2=C1CN(C(=O)CCN1CCCC1)CC2. The molecule has 0 saturated carbocycles. The lowest BCUT2D eigenvalue weighted by molar-refractivity contribution is -0.149. The van der Waals surface area contributed by atoms with E-state index < -0.39 is 5.60 Å². The van der Waals surface area contributed by atoms with Crippen molar-refractivity contribution in [2.75, 3.05) is 32.7 Å². The zero-order valence-electron chi connectivity index (χ0n) is 17.7. The first-order chi connectivity index (χ1) is 14.0. The summed E-state index contributed by atoms with van der Waals surface area (Å²) in [5, 5.41) is 0. The summed E-state index contributed by atoms with van der Waals surface area (Å²) in [6, 6.07) is 10.0. The number of ether oxygens (including phenoxy) is 1. The fraction of sp³-hybridized carbons (Fsp3) is 0.583. The van der Waals surface area contributed by atoms with Crippen molar-refractivity contribution in [2.24, 2.45) is 5.92 Å². The minimum Gasteiger partial charge on any atom is -0.446 e. The van der Waals surface area contributed by atoms with Crippen LogP contribution in [-0.2, 0) is 19.9 Å². The van der Waals surface area contributed by atoms with Gasteiger partial charge in [-0.3, -0.25) is 4.79 Å². The molecule has 0 aromatic heterocycles. The van der Waals surface area contributed by atoms with Crippen LogP contribution in [-0.4, -0.2) is 54.4 Å². The van der Waals surface area contributed by atoms with Gasteiger partial charge in [-0.05, 0) is 50.3 Å². The van der Waals surface area contributed by atoms with Gasteiger partial charge in [-0.25, -0.2) is 4.79 Å². The second-order valence-corrected chi connectivity index (χ2v) is 9.00. The second-order valence-electron chi connectivity index (χ2n) is 9.00. The maximum absolute atomic E-state index is 12.9. The van der Waals surface area contributed by atoms with Crippen molar-refractivity contribution in [3.63, 3.8) is 0 Å². The molecule has 5 nitrogen and oxygen atoms in total. The standard InChI is InChI=1S/C24H32N2O3/c1-18(2)16-24(19-8-4-3-5-9-19)21-17-26(15-10-20(21)23(28)29-24)22(27)11-14-25-12-6-7-13-25/h3-5,8-9,18H,6-7,10-17H2,1-2H3. The highest BCUT2D eigenvalue weighted by Crippen LogP contribution is 2.48. The smallest absolute Gasteiger partial charge is 0.335 e. The van der Waals surface area contributed by atoms with Crippen LogP contribution in [0.2, 0.25) is 0 Å². The fourth-order valence-electron chi connectivity index (χ4n) is 5.07. The summed E-state index contributed by atoms with van der Waals surface area (Å²) < 4.78 is 6.10. The molecular formula is C24H32N2O3. The van der Waals surface area contributed by atoms with Gasteiger partial charge in [-0.15, -0.1) is 0 Å². The number of rotatable bonds is 6. The Hall–Kier alpha value is -2.14. The molecule has 4 rings (SSSR count). The Morgan fingerprint density at radius 3 is 2.55 bits per heavy atom. The monoisotopic (exact) mass is 396 g/mol. The molecule has 156 valence electrons. The predicted molar refractivity (Wildman–Crippen MR) is 112 cm³/mol. The zero-order valence-corrected chi connectivity index (χ0v) is 17.7. The van der Waals surface area contributed by atoms with Crippen LogP contribution < -0.4 is 0 Å². The third kappa shape index (κ3) is 3.97. The molecule has 0 aliphatic carbocycles. The minimum absolute atomic E-state index is 0.189. The average molecular weight is 397 g/mol. The Morgan fingerprint density at radius 1 is 1.14 bits per heavy atom. The lowest BCUT2D eigenvalue weighted by Crippen LogP contribution is -2.42. The third-order valence-electron chi connectivity index (χ3n) is 6.47. The molecule has 1 atom stereocenters. The minimum atomic E-state index is -0.740. The van der Waals surface area contributed by atoms with Gasteiger partial charge < -0.3 is 14.5 Å².